The van der Waals surface area contributed by atoms with Gasteiger partial charge in [-0.15, -0.1) is 0 Å². The molecule has 0 aliphatic carbocycles. The molecule has 3 rings (SSSR count). The van der Waals surface area contributed by atoms with Crippen LogP contribution in [0.2, 0.25) is 0 Å². The highest BCUT2D eigenvalue weighted by atomic mass is 16.5. The number of fused-ring (bicyclic) bond motifs is 1. The minimum atomic E-state index is -0.921. The van der Waals surface area contributed by atoms with Gasteiger partial charge in [-0.25, -0.2) is 14.8 Å². The predicted molar refractivity (Wildman–Crippen MR) is 105 cm³/mol. The first-order chi connectivity index (χ1) is 13.7. The van der Waals surface area contributed by atoms with Crippen molar-refractivity contribution in [3.8, 4) is 0 Å². The largest absolute Gasteiger partial charge is 0.462 e. The van der Waals surface area contributed by atoms with Crippen molar-refractivity contribution in [1.29, 1.82) is 0 Å². The van der Waals surface area contributed by atoms with Gasteiger partial charge in [-0.1, -0.05) is 0 Å². The van der Waals surface area contributed by atoms with E-state index in [2.05, 4.69) is 15.3 Å². The van der Waals surface area contributed by atoms with Gasteiger partial charge in [0.25, 0.3) is 11.8 Å². The van der Waals surface area contributed by atoms with Gasteiger partial charge in [0.05, 0.1) is 29.0 Å². The standard InChI is InChI=1S/C20H20N4O5/c1-5-28-20(27)15-11(4)29-19(16(15)17(21)25)24-18(26)12-6-7-13-14(8-12)23-10(3)9(2)22-13/h6-8H,5H2,1-4H3,(H2,21,25)(H,24,26). The summed E-state index contributed by atoms with van der Waals surface area (Å²) in [6, 6.07) is 4.83. The number of nitrogens with one attached hydrogen (secondary N) is 1. The number of rotatable bonds is 5. The SMILES string of the molecule is CCOC(=O)c1c(C)oc(NC(=O)c2ccc3nc(C)c(C)nc3c2)c1C(N)=O. The number of furan rings is 1. The van der Waals surface area contributed by atoms with E-state index in [9.17, 15) is 14.4 Å². The summed E-state index contributed by atoms with van der Waals surface area (Å²) >= 11 is 0. The Labute approximate surface area is 166 Å². The zero-order chi connectivity index (χ0) is 21.3. The molecule has 0 aliphatic heterocycles. The van der Waals surface area contributed by atoms with Gasteiger partial charge >= 0.3 is 5.97 Å². The van der Waals surface area contributed by atoms with Crippen LogP contribution in [0.3, 0.4) is 0 Å². The van der Waals surface area contributed by atoms with E-state index in [4.69, 9.17) is 14.9 Å². The summed E-state index contributed by atoms with van der Waals surface area (Å²) in [4.78, 5) is 45.6. The van der Waals surface area contributed by atoms with Gasteiger partial charge in [-0.3, -0.25) is 14.9 Å². The fraction of sp³-hybridized carbons (Fsp3) is 0.250. The van der Waals surface area contributed by atoms with E-state index in [1.165, 1.54) is 6.92 Å². The number of aromatic nitrogens is 2. The normalized spacial score (nSPS) is 10.8. The van der Waals surface area contributed by atoms with Gasteiger partial charge in [-0.2, -0.15) is 0 Å². The number of nitrogens with two attached hydrogens (primary N) is 1. The van der Waals surface area contributed by atoms with Crippen molar-refractivity contribution < 1.29 is 23.5 Å². The molecule has 150 valence electrons. The van der Waals surface area contributed by atoms with Crippen molar-refractivity contribution in [3.63, 3.8) is 0 Å². The first-order valence-corrected chi connectivity index (χ1v) is 8.89. The molecule has 29 heavy (non-hydrogen) atoms. The Hall–Kier alpha value is -3.75. The van der Waals surface area contributed by atoms with Crippen LogP contribution < -0.4 is 11.1 Å². The molecule has 3 aromatic rings. The van der Waals surface area contributed by atoms with Crippen LogP contribution in [0, 0.1) is 20.8 Å². The second-order valence-corrected chi connectivity index (χ2v) is 6.37. The molecule has 1 aromatic carbocycles. The predicted octanol–water partition coefficient (Wildman–Crippen LogP) is 2.68. The quantitative estimate of drug-likeness (QED) is 0.632. The molecular weight excluding hydrogens is 376 g/mol. The number of primary amides is 1. The van der Waals surface area contributed by atoms with Crippen molar-refractivity contribution in [1.82, 2.24) is 9.97 Å². The number of aryl methyl sites for hydroxylation is 3. The first-order valence-electron chi connectivity index (χ1n) is 8.89. The van der Waals surface area contributed by atoms with Gasteiger partial charge in [-0.05, 0) is 45.9 Å². The van der Waals surface area contributed by atoms with Crippen LogP contribution in [0.15, 0.2) is 22.6 Å². The highest BCUT2D eigenvalue weighted by Gasteiger charge is 2.29. The Morgan fingerprint density at radius 2 is 1.72 bits per heavy atom. The summed E-state index contributed by atoms with van der Waals surface area (Å²) in [6.07, 6.45) is 0. The van der Waals surface area contributed by atoms with E-state index in [1.54, 1.807) is 25.1 Å². The van der Waals surface area contributed by atoms with Crippen LogP contribution >= 0.6 is 0 Å². The number of benzene rings is 1. The van der Waals surface area contributed by atoms with Crippen LogP contribution in [0.1, 0.15) is 55.1 Å². The second kappa shape index (κ2) is 7.70. The number of hydrogen-bond acceptors (Lipinski definition) is 7. The Balaban J connectivity index is 1.97. The van der Waals surface area contributed by atoms with Crippen LogP contribution in [-0.2, 0) is 4.74 Å². The molecule has 0 spiro atoms. The molecule has 0 saturated carbocycles. The van der Waals surface area contributed by atoms with Crippen molar-refractivity contribution in [2.75, 3.05) is 11.9 Å². The fourth-order valence-corrected chi connectivity index (χ4v) is 2.86. The molecule has 0 atom stereocenters. The third-order valence-electron chi connectivity index (χ3n) is 4.37. The van der Waals surface area contributed by atoms with Gasteiger partial charge in [0.15, 0.2) is 0 Å². The molecule has 0 bridgehead atoms. The van der Waals surface area contributed by atoms with E-state index >= 15 is 0 Å². The first kappa shape index (κ1) is 20.0. The second-order valence-electron chi connectivity index (χ2n) is 6.37. The molecule has 2 aromatic heterocycles. The minimum Gasteiger partial charge on any atom is -0.462 e. The van der Waals surface area contributed by atoms with Crippen molar-refractivity contribution in [2.24, 2.45) is 5.73 Å². The zero-order valence-electron chi connectivity index (χ0n) is 16.5. The Kier molecular flexibility index (Phi) is 5.31. The van der Waals surface area contributed by atoms with E-state index < -0.39 is 17.8 Å². The highest BCUT2D eigenvalue weighted by molar-refractivity contribution is 6.13. The molecule has 2 amide bonds. The maximum absolute atomic E-state index is 12.7. The van der Waals surface area contributed by atoms with E-state index in [-0.39, 0.29) is 34.9 Å². The number of esters is 1. The molecule has 0 saturated heterocycles. The lowest BCUT2D eigenvalue weighted by Gasteiger charge is -2.07. The van der Waals surface area contributed by atoms with Crippen LogP contribution in [0.25, 0.3) is 11.0 Å². The van der Waals surface area contributed by atoms with Gasteiger partial charge in [0, 0.05) is 5.56 Å². The lowest BCUT2D eigenvalue weighted by atomic mass is 10.1. The molecule has 0 aliphatic rings. The number of hydrogen-bond donors (Lipinski definition) is 2. The summed E-state index contributed by atoms with van der Waals surface area (Å²) in [6.45, 7) is 6.90. The van der Waals surface area contributed by atoms with Crippen molar-refractivity contribution >= 4 is 34.7 Å². The van der Waals surface area contributed by atoms with Crippen molar-refractivity contribution in [2.45, 2.75) is 27.7 Å². The van der Waals surface area contributed by atoms with E-state index in [0.29, 0.717) is 11.0 Å². The highest BCUT2D eigenvalue weighted by Crippen LogP contribution is 2.28. The summed E-state index contributed by atoms with van der Waals surface area (Å²) in [5, 5.41) is 2.49. The van der Waals surface area contributed by atoms with Gasteiger partial charge < -0.3 is 14.9 Å². The fourth-order valence-electron chi connectivity index (χ4n) is 2.86. The average Bonchev–Trinajstić information content (AvgIpc) is 2.98. The molecular formula is C20H20N4O5. The maximum Gasteiger partial charge on any atom is 0.342 e. The zero-order valence-corrected chi connectivity index (χ0v) is 16.5. The summed E-state index contributed by atoms with van der Waals surface area (Å²) in [5.41, 5.74) is 8.11. The van der Waals surface area contributed by atoms with Crippen molar-refractivity contribution in [3.05, 3.63) is 52.0 Å². The topological polar surface area (TPSA) is 137 Å². The average molecular weight is 396 g/mol. The van der Waals surface area contributed by atoms with Crippen LogP contribution in [-0.4, -0.2) is 34.4 Å². The molecule has 0 radical (unpaired) electrons. The molecule has 3 N–H and O–H groups in total. The summed E-state index contributed by atoms with van der Waals surface area (Å²) < 4.78 is 10.4. The summed E-state index contributed by atoms with van der Waals surface area (Å²) in [7, 11) is 0. The molecule has 0 unspecified atom stereocenters. The van der Waals surface area contributed by atoms with Gasteiger partial charge in [0.2, 0.25) is 5.88 Å². The monoisotopic (exact) mass is 396 g/mol. The van der Waals surface area contributed by atoms with Gasteiger partial charge in [0.1, 0.15) is 16.9 Å². The third kappa shape index (κ3) is 3.79. The van der Waals surface area contributed by atoms with Crippen LogP contribution in [0.4, 0.5) is 5.88 Å². The van der Waals surface area contributed by atoms with Crippen LogP contribution in [0.5, 0.6) is 0 Å². The molecule has 2 heterocycles. The number of ether oxygens (including phenoxy) is 1. The smallest absolute Gasteiger partial charge is 0.342 e. The Morgan fingerprint density at radius 3 is 2.34 bits per heavy atom. The Bertz CT molecular complexity index is 1150. The number of nitrogens with zero attached hydrogens (tertiary/aromatic N) is 2. The van der Waals surface area contributed by atoms with E-state index in [1.807, 2.05) is 13.8 Å². The Morgan fingerprint density at radius 1 is 1.07 bits per heavy atom. The third-order valence-corrected chi connectivity index (χ3v) is 4.37. The number of carbonyl (C=O) groups excluding carboxylic acids is 3. The minimum absolute atomic E-state index is 0.106. The molecule has 9 heteroatoms. The maximum atomic E-state index is 12.7. The molecule has 9 nitrogen and oxygen atoms in total. The lowest BCUT2D eigenvalue weighted by molar-refractivity contribution is 0.0521. The number of anilines is 1. The van der Waals surface area contributed by atoms with E-state index in [0.717, 1.165) is 11.4 Å². The summed E-state index contributed by atoms with van der Waals surface area (Å²) in [5.74, 6) is -2.33. The molecule has 0 fully saturated rings. The number of carbonyl (C=O) groups is 3. The number of amides is 2. The lowest BCUT2D eigenvalue weighted by Crippen LogP contribution is -2.20.